The molecule has 0 heterocycles. The highest BCUT2D eigenvalue weighted by Gasteiger charge is 2.64. The monoisotopic (exact) mass is 471 g/mol. The van der Waals surface area contributed by atoms with Gasteiger partial charge in [-0.1, -0.05) is 12.8 Å². The molecule has 11 heteroatoms. The van der Waals surface area contributed by atoms with Crippen molar-refractivity contribution >= 4 is 16.1 Å². The molecule has 0 aromatic heterocycles. The minimum Gasteiger partial charge on any atom is -0.743 e. The number of halogens is 4. The molecule has 0 aromatic rings. The normalized spacial score (nSPS) is 37.2. The topological polar surface area (TPSA) is 104 Å². The van der Waals surface area contributed by atoms with Gasteiger partial charge in [-0.25, -0.2) is 8.42 Å². The van der Waals surface area contributed by atoms with Gasteiger partial charge in [-0.2, -0.15) is 17.6 Å². The smallest absolute Gasteiger partial charge is 0.396 e. The highest BCUT2D eigenvalue weighted by molar-refractivity contribution is 7.86. The van der Waals surface area contributed by atoms with Crippen molar-refractivity contribution in [3.8, 4) is 0 Å². The summed E-state index contributed by atoms with van der Waals surface area (Å²) in [6.45, 7) is -1.11. The Bertz CT molecular complexity index is 823. The van der Waals surface area contributed by atoms with Crippen molar-refractivity contribution in [2.24, 2.45) is 29.1 Å². The molecule has 5 saturated carbocycles. The molecule has 5 rings (SSSR count). The predicted octanol–water partition coefficient (Wildman–Crippen LogP) is 3.44. The van der Waals surface area contributed by atoms with Crippen LogP contribution >= 0.6 is 0 Å². The van der Waals surface area contributed by atoms with Gasteiger partial charge in [0.15, 0.2) is 10.1 Å². The molecule has 0 aromatic carbocycles. The van der Waals surface area contributed by atoms with E-state index in [4.69, 9.17) is 4.74 Å². The van der Waals surface area contributed by atoms with Gasteiger partial charge in [0.05, 0.1) is 24.5 Å². The standard InChI is InChI=1S/C20H28F4O6S/c21-19(22,20(23,24)31(27,28)29)5-6-30-16(25)15-13-7-12-8-14(15)11-17(9-12,10-13)18(26)3-1-2-4-18/h12-15,26H,1-11H2,(H,27,28,29)/p-1. The fraction of sp³-hybridized carbons (Fsp3) is 0.950. The third kappa shape index (κ3) is 3.58. The van der Waals surface area contributed by atoms with Crippen molar-refractivity contribution in [2.45, 2.75) is 81.0 Å². The number of carbonyl (C=O) groups excluding carboxylic acids is 1. The lowest BCUT2D eigenvalue weighted by atomic mass is 9.42. The Morgan fingerprint density at radius 1 is 1.06 bits per heavy atom. The van der Waals surface area contributed by atoms with Gasteiger partial charge in [-0.05, 0) is 68.1 Å². The minimum atomic E-state index is -6.56. The molecular weight excluding hydrogens is 444 g/mol. The van der Waals surface area contributed by atoms with Crippen molar-refractivity contribution in [3.05, 3.63) is 0 Å². The molecule has 0 saturated heterocycles. The van der Waals surface area contributed by atoms with E-state index in [1.165, 1.54) is 0 Å². The average Bonchev–Trinajstić information content (AvgIpc) is 3.08. The molecule has 4 bridgehead atoms. The third-order valence-corrected chi connectivity index (χ3v) is 9.29. The van der Waals surface area contributed by atoms with Crippen LogP contribution in [0, 0.1) is 29.1 Å². The van der Waals surface area contributed by atoms with Crippen LogP contribution in [0.2, 0.25) is 0 Å². The SMILES string of the molecule is O=C(OCCC(F)(F)C(F)(F)S(=O)(=O)[O-])C1C2CC3CC1CC(C1(O)CCCC1)(C3)C2. The van der Waals surface area contributed by atoms with E-state index in [9.17, 15) is 40.4 Å². The molecule has 0 aliphatic heterocycles. The molecule has 5 aliphatic rings. The van der Waals surface area contributed by atoms with E-state index in [2.05, 4.69) is 0 Å². The number of ether oxygens (including phenoxy) is 1. The van der Waals surface area contributed by atoms with Gasteiger partial charge in [0.2, 0.25) is 0 Å². The molecule has 6 nitrogen and oxygen atoms in total. The van der Waals surface area contributed by atoms with Gasteiger partial charge in [0, 0.05) is 0 Å². The number of alkyl halides is 4. The zero-order valence-corrected chi connectivity index (χ0v) is 17.8. The lowest BCUT2D eigenvalue weighted by molar-refractivity contribution is -0.207. The van der Waals surface area contributed by atoms with Gasteiger partial charge in [0.25, 0.3) is 0 Å². The Balaban J connectivity index is 1.40. The number of rotatable bonds is 7. The first-order valence-electron chi connectivity index (χ1n) is 10.8. The lowest BCUT2D eigenvalue weighted by Gasteiger charge is -2.63. The third-order valence-electron chi connectivity index (χ3n) is 8.36. The summed E-state index contributed by atoms with van der Waals surface area (Å²) in [6.07, 6.45) is 5.53. The summed E-state index contributed by atoms with van der Waals surface area (Å²) < 4.78 is 89.9. The fourth-order valence-electron chi connectivity index (χ4n) is 7.17. The molecule has 0 amide bonds. The molecule has 2 atom stereocenters. The number of carbonyl (C=O) groups is 1. The zero-order chi connectivity index (χ0) is 22.9. The quantitative estimate of drug-likeness (QED) is 0.347. The first-order chi connectivity index (χ1) is 14.2. The second-order valence-corrected chi connectivity index (χ2v) is 11.5. The van der Waals surface area contributed by atoms with E-state index in [1.807, 2.05) is 0 Å². The van der Waals surface area contributed by atoms with Crippen molar-refractivity contribution in [1.29, 1.82) is 0 Å². The molecule has 0 radical (unpaired) electrons. The molecule has 178 valence electrons. The Morgan fingerprint density at radius 3 is 2.13 bits per heavy atom. The van der Waals surface area contributed by atoms with Crippen molar-refractivity contribution in [1.82, 2.24) is 0 Å². The number of esters is 1. The first kappa shape index (κ1) is 23.2. The number of aliphatic hydroxyl groups is 1. The van der Waals surface area contributed by atoms with Gasteiger partial charge < -0.3 is 14.4 Å². The van der Waals surface area contributed by atoms with Crippen molar-refractivity contribution in [3.63, 3.8) is 0 Å². The van der Waals surface area contributed by atoms with Gasteiger partial charge in [0.1, 0.15) is 0 Å². The van der Waals surface area contributed by atoms with E-state index in [0.717, 1.165) is 44.9 Å². The molecule has 1 N–H and O–H groups in total. The number of hydrogen-bond acceptors (Lipinski definition) is 6. The van der Waals surface area contributed by atoms with E-state index in [1.54, 1.807) is 0 Å². The average molecular weight is 471 g/mol. The van der Waals surface area contributed by atoms with E-state index in [-0.39, 0.29) is 17.3 Å². The minimum absolute atomic E-state index is 0.0488. The van der Waals surface area contributed by atoms with Crippen LogP contribution in [0.15, 0.2) is 0 Å². The molecular formula is C20H27F4O6S-. The van der Waals surface area contributed by atoms with Gasteiger partial charge in [-0.15, -0.1) is 0 Å². The first-order valence-corrected chi connectivity index (χ1v) is 12.2. The molecule has 2 unspecified atom stereocenters. The largest absolute Gasteiger partial charge is 0.743 e. The molecule has 31 heavy (non-hydrogen) atoms. The van der Waals surface area contributed by atoms with Crippen LogP contribution in [0.1, 0.15) is 64.2 Å². The lowest BCUT2D eigenvalue weighted by Crippen LogP contribution is -2.61. The summed E-state index contributed by atoms with van der Waals surface area (Å²) in [5, 5.41) is 5.53. The second kappa shape index (κ2) is 7.28. The van der Waals surface area contributed by atoms with Crippen LogP contribution in [0.4, 0.5) is 17.6 Å². The predicted molar refractivity (Wildman–Crippen MR) is 98.1 cm³/mol. The van der Waals surface area contributed by atoms with Crippen LogP contribution in [-0.2, 0) is 19.6 Å². The Kier molecular flexibility index (Phi) is 5.45. The Morgan fingerprint density at radius 2 is 1.61 bits per heavy atom. The Hall–Kier alpha value is -0.940. The molecule has 0 spiro atoms. The summed E-state index contributed by atoms with van der Waals surface area (Å²) in [6, 6.07) is 0. The Labute approximate surface area is 178 Å². The fourth-order valence-corrected chi connectivity index (χ4v) is 7.64. The van der Waals surface area contributed by atoms with Crippen LogP contribution in [0.5, 0.6) is 0 Å². The highest BCUT2D eigenvalue weighted by Crippen LogP contribution is 2.67. The second-order valence-electron chi connectivity index (χ2n) is 10.1. The van der Waals surface area contributed by atoms with E-state index in [0.29, 0.717) is 18.8 Å². The van der Waals surface area contributed by atoms with Gasteiger partial charge in [-0.3, -0.25) is 4.79 Å². The summed E-state index contributed by atoms with van der Waals surface area (Å²) in [5.41, 5.74) is -0.955. The van der Waals surface area contributed by atoms with Crippen LogP contribution in [0.3, 0.4) is 0 Å². The van der Waals surface area contributed by atoms with Gasteiger partial charge >= 0.3 is 17.1 Å². The molecule has 5 aliphatic carbocycles. The summed E-state index contributed by atoms with van der Waals surface area (Å²) in [5.74, 6) is -6.12. The summed E-state index contributed by atoms with van der Waals surface area (Å²) in [4.78, 5) is 12.7. The van der Waals surface area contributed by atoms with Crippen LogP contribution in [0.25, 0.3) is 0 Å². The summed E-state index contributed by atoms with van der Waals surface area (Å²) >= 11 is 0. The highest BCUT2D eigenvalue weighted by atomic mass is 32.2. The summed E-state index contributed by atoms with van der Waals surface area (Å²) in [7, 11) is -6.56. The zero-order valence-electron chi connectivity index (χ0n) is 17.0. The number of hydrogen-bond donors (Lipinski definition) is 1. The van der Waals surface area contributed by atoms with Crippen LogP contribution in [-0.4, -0.2) is 47.4 Å². The van der Waals surface area contributed by atoms with E-state index >= 15 is 0 Å². The van der Waals surface area contributed by atoms with Crippen molar-refractivity contribution < 1.29 is 45.2 Å². The maximum Gasteiger partial charge on any atom is 0.396 e. The van der Waals surface area contributed by atoms with Crippen molar-refractivity contribution in [2.75, 3.05) is 6.61 Å². The van der Waals surface area contributed by atoms with E-state index < -0.39 is 51.8 Å². The maximum atomic E-state index is 13.6. The van der Waals surface area contributed by atoms with Crippen LogP contribution < -0.4 is 0 Å². The molecule has 5 fully saturated rings. The maximum absolute atomic E-state index is 13.6.